The molecule has 0 aromatic rings. The van der Waals surface area contributed by atoms with E-state index >= 15 is 0 Å². The van der Waals surface area contributed by atoms with Gasteiger partial charge in [-0.15, -0.1) is 0 Å². The first-order valence-corrected chi connectivity index (χ1v) is 6.15. The van der Waals surface area contributed by atoms with Gasteiger partial charge in [0.05, 0.1) is 0 Å². The monoisotopic (exact) mass is 182 g/mol. The van der Waals surface area contributed by atoms with Gasteiger partial charge < -0.3 is 0 Å². The van der Waals surface area contributed by atoms with E-state index in [0.29, 0.717) is 0 Å². The summed E-state index contributed by atoms with van der Waals surface area (Å²) >= 11 is 0. The van der Waals surface area contributed by atoms with Crippen molar-refractivity contribution in [3.63, 3.8) is 0 Å². The first-order valence-electron chi connectivity index (χ1n) is 6.15. The average Bonchev–Trinajstić information content (AvgIpc) is 2.11. The maximum Gasteiger partial charge on any atom is -0.0360 e. The lowest BCUT2D eigenvalue weighted by molar-refractivity contribution is 0.147. The van der Waals surface area contributed by atoms with Crippen LogP contribution in [-0.2, 0) is 0 Å². The van der Waals surface area contributed by atoms with Crippen molar-refractivity contribution in [3.05, 3.63) is 0 Å². The molecule has 0 bridgehead atoms. The van der Waals surface area contributed by atoms with Crippen LogP contribution in [0.5, 0.6) is 0 Å². The molecule has 0 N–H and O–H groups in total. The zero-order valence-corrected chi connectivity index (χ0v) is 9.84. The molecule has 0 nitrogen and oxygen atoms in total. The van der Waals surface area contributed by atoms with Gasteiger partial charge in [0, 0.05) is 0 Å². The fraction of sp³-hybridized carbons (Fsp3) is 1.00. The highest BCUT2D eigenvalue weighted by Gasteiger charge is 2.28. The minimum atomic E-state index is 0.938. The Morgan fingerprint density at radius 2 is 1.69 bits per heavy atom. The standard InChI is InChI=1S/C13H26/c1-5-10(2)9-13-11(3)7-6-8-12(13)4/h10-13H,5-9H2,1-4H3. The molecule has 0 heteroatoms. The highest BCUT2D eigenvalue weighted by Crippen LogP contribution is 2.38. The molecule has 13 heavy (non-hydrogen) atoms. The van der Waals surface area contributed by atoms with E-state index in [4.69, 9.17) is 0 Å². The Morgan fingerprint density at radius 1 is 1.15 bits per heavy atom. The minimum absolute atomic E-state index is 0.938. The quantitative estimate of drug-likeness (QED) is 0.603. The summed E-state index contributed by atoms with van der Waals surface area (Å²) in [7, 11) is 0. The molecule has 0 heterocycles. The smallest absolute Gasteiger partial charge is 0.0360 e. The van der Waals surface area contributed by atoms with Crippen molar-refractivity contribution in [1.82, 2.24) is 0 Å². The second-order valence-electron chi connectivity index (χ2n) is 5.30. The van der Waals surface area contributed by atoms with Crippen LogP contribution in [0.2, 0.25) is 0 Å². The second-order valence-corrected chi connectivity index (χ2v) is 5.30. The highest BCUT2D eigenvalue weighted by molar-refractivity contribution is 4.78. The Kier molecular flexibility index (Phi) is 4.28. The van der Waals surface area contributed by atoms with Crippen LogP contribution >= 0.6 is 0 Å². The van der Waals surface area contributed by atoms with E-state index in [9.17, 15) is 0 Å². The van der Waals surface area contributed by atoms with Gasteiger partial charge in [0.2, 0.25) is 0 Å². The third-order valence-corrected chi connectivity index (χ3v) is 4.15. The highest BCUT2D eigenvalue weighted by atomic mass is 14.3. The van der Waals surface area contributed by atoms with Crippen molar-refractivity contribution in [3.8, 4) is 0 Å². The lowest BCUT2D eigenvalue weighted by atomic mass is 9.70. The van der Waals surface area contributed by atoms with Crippen molar-refractivity contribution in [2.24, 2.45) is 23.7 Å². The van der Waals surface area contributed by atoms with Crippen LogP contribution in [0.25, 0.3) is 0 Å². The zero-order valence-electron chi connectivity index (χ0n) is 9.84. The predicted octanol–water partition coefficient (Wildman–Crippen LogP) is 4.49. The summed E-state index contributed by atoms with van der Waals surface area (Å²) in [5, 5.41) is 0. The Morgan fingerprint density at radius 3 is 2.15 bits per heavy atom. The molecule has 3 unspecified atom stereocenters. The molecule has 1 saturated carbocycles. The van der Waals surface area contributed by atoms with Crippen molar-refractivity contribution < 1.29 is 0 Å². The van der Waals surface area contributed by atoms with Crippen molar-refractivity contribution in [2.45, 2.75) is 59.8 Å². The van der Waals surface area contributed by atoms with Gasteiger partial charge in [0.25, 0.3) is 0 Å². The average molecular weight is 182 g/mol. The maximum atomic E-state index is 2.46. The van der Waals surface area contributed by atoms with Crippen LogP contribution in [0.15, 0.2) is 0 Å². The summed E-state index contributed by atoms with van der Waals surface area (Å²) in [5.41, 5.74) is 0. The first-order chi connectivity index (χ1) is 6.15. The van der Waals surface area contributed by atoms with E-state index < -0.39 is 0 Å². The Labute approximate surface area is 84.1 Å². The van der Waals surface area contributed by atoms with Crippen LogP contribution in [0.4, 0.5) is 0 Å². The lowest BCUT2D eigenvalue weighted by Gasteiger charge is -2.36. The summed E-state index contributed by atoms with van der Waals surface area (Å²) in [6, 6.07) is 0. The van der Waals surface area contributed by atoms with Gasteiger partial charge >= 0.3 is 0 Å². The topological polar surface area (TPSA) is 0 Å². The second kappa shape index (κ2) is 5.02. The SMILES string of the molecule is CCC(C)CC1C(C)CCCC1C. The molecule has 1 aliphatic rings. The molecular weight excluding hydrogens is 156 g/mol. The normalized spacial score (nSPS) is 37.4. The van der Waals surface area contributed by atoms with Gasteiger partial charge in [0.1, 0.15) is 0 Å². The van der Waals surface area contributed by atoms with Crippen molar-refractivity contribution in [2.75, 3.05) is 0 Å². The zero-order chi connectivity index (χ0) is 9.84. The fourth-order valence-corrected chi connectivity index (χ4v) is 2.85. The van der Waals surface area contributed by atoms with Crippen molar-refractivity contribution in [1.29, 1.82) is 0 Å². The molecular formula is C13H26. The van der Waals surface area contributed by atoms with Gasteiger partial charge in [-0.3, -0.25) is 0 Å². The van der Waals surface area contributed by atoms with E-state index in [1.807, 2.05) is 0 Å². The Bertz CT molecular complexity index is 129. The van der Waals surface area contributed by atoms with Gasteiger partial charge in [0.15, 0.2) is 0 Å². The number of hydrogen-bond acceptors (Lipinski definition) is 0. The van der Waals surface area contributed by atoms with E-state index in [2.05, 4.69) is 27.7 Å². The summed E-state index contributed by atoms with van der Waals surface area (Å²) in [5.74, 6) is 3.92. The third kappa shape index (κ3) is 3.00. The molecule has 0 radical (unpaired) electrons. The molecule has 1 aliphatic carbocycles. The Balaban J connectivity index is 2.43. The molecule has 0 saturated heterocycles. The molecule has 0 aliphatic heterocycles. The number of hydrogen-bond donors (Lipinski definition) is 0. The van der Waals surface area contributed by atoms with Gasteiger partial charge in [-0.1, -0.05) is 53.4 Å². The minimum Gasteiger partial charge on any atom is -0.0651 e. The molecule has 1 fully saturated rings. The van der Waals surface area contributed by atoms with Crippen LogP contribution in [0.1, 0.15) is 59.8 Å². The van der Waals surface area contributed by atoms with Crippen LogP contribution in [-0.4, -0.2) is 0 Å². The van der Waals surface area contributed by atoms with Crippen LogP contribution in [0.3, 0.4) is 0 Å². The van der Waals surface area contributed by atoms with E-state index in [-0.39, 0.29) is 0 Å². The summed E-state index contributed by atoms with van der Waals surface area (Å²) in [4.78, 5) is 0. The van der Waals surface area contributed by atoms with E-state index in [1.165, 1.54) is 32.1 Å². The molecule has 0 aromatic carbocycles. The van der Waals surface area contributed by atoms with Gasteiger partial charge in [-0.05, 0) is 30.1 Å². The molecule has 0 spiro atoms. The van der Waals surface area contributed by atoms with Gasteiger partial charge in [-0.2, -0.15) is 0 Å². The number of rotatable bonds is 3. The Hall–Kier alpha value is 0. The first kappa shape index (κ1) is 11.1. The van der Waals surface area contributed by atoms with Crippen molar-refractivity contribution >= 4 is 0 Å². The molecule has 1 rings (SSSR count). The largest absolute Gasteiger partial charge is 0.0651 e. The van der Waals surface area contributed by atoms with E-state index in [1.54, 1.807) is 0 Å². The fourth-order valence-electron chi connectivity index (χ4n) is 2.85. The predicted molar refractivity (Wildman–Crippen MR) is 59.7 cm³/mol. The molecule has 0 amide bonds. The third-order valence-electron chi connectivity index (χ3n) is 4.15. The summed E-state index contributed by atoms with van der Waals surface area (Å²) in [6.07, 6.45) is 7.25. The van der Waals surface area contributed by atoms with Crippen LogP contribution < -0.4 is 0 Å². The van der Waals surface area contributed by atoms with Gasteiger partial charge in [-0.25, -0.2) is 0 Å². The lowest BCUT2D eigenvalue weighted by Crippen LogP contribution is -2.26. The molecule has 0 aromatic heterocycles. The summed E-state index contributed by atoms with van der Waals surface area (Å²) < 4.78 is 0. The summed E-state index contributed by atoms with van der Waals surface area (Å²) in [6.45, 7) is 9.66. The van der Waals surface area contributed by atoms with E-state index in [0.717, 1.165) is 23.7 Å². The molecule has 78 valence electrons. The maximum absolute atomic E-state index is 2.46. The van der Waals surface area contributed by atoms with Crippen LogP contribution in [0, 0.1) is 23.7 Å². The molecule has 3 atom stereocenters.